The Kier molecular flexibility index (Phi) is 11.1. The number of carbonyl (C=O) groups excluding carboxylic acids is 3. The number of likely N-dealkylation sites (tertiary alicyclic amines) is 1. The predicted octanol–water partition coefficient (Wildman–Crippen LogP) is 5.80. The number of imide groups is 1. The van der Waals surface area contributed by atoms with Gasteiger partial charge in [-0.25, -0.2) is 19.0 Å². The Bertz CT molecular complexity index is 2590. The summed E-state index contributed by atoms with van der Waals surface area (Å²) in [6.07, 6.45) is 11.7. The summed E-state index contributed by atoms with van der Waals surface area (Å²) in [4.78, 5) is 50.5. The van der Waals surface area contributed by atoms with E-state index in [0.29, 0.717) is 30.3 Å². The largest absolute Gasteiger partial charge is 0.372 e. The summed E-state index contributed by atoms with van der Waals surface area (Å²) in [7, 11) is 0. The van der Waals surface area contributed by atoms with Gasteiger partial charge in [-0.3, -0.25) is 19.8 Å². The first-order valence-electron chi connectivity index (χ1n) is 21.7. The number of anilines is 2. The van der Waals surface area contributed by atoms with E-state index < -0.39 is 0 Å². The van der Waals surface area contributed by atoms with Crippen molar-refractivity contribution in [2.24, 2.45) is 5.92 Å². The van der Waals surface area contributed by atoms with Gasteiger partial charge >= 0.3 is 6.03 Å². The van der Waals surface area contributed by atoms with E-state index in [2.05, 4.69) is 54.0 Å². The minimum absolute atomic E-state index is 0.220. The number of aryl methyl sites for hydroxylation is 1. The number of nitrogens with zero attached hydrogens (tertiary/aromatic N) is 12. The average molecular weight is 839 g/mol. The molecule has 17 heteroatoms. The first kappa shape index (κ1) is 40.9. The van der Waals surface area contributed by atoms with Crippen LogP contribution in [0.25, 0.3) is 28.2 Å². The third-order valence-corrected chi connectivity index (χ3v) is 12.5. The molecule has 322 valence electrons. The van der Waals surface area contributed by atoms with Crippen LogP contribution in [-0.2, 0) is 10.3 Å². The maximum atomic E-state index is 13.1. The molecule has 2 N–H and O–H groups in total. The van der Waals surface area contributed by atoms with Crippen molar-refractivity contribution in [3.8, 4) is 22.6 Å². The second kappa shape index (κ2) is 16.8. The molecule has 6 aromatic rings. The fraction of sp³-hybridized carbons (Fsp3) is 0.444. The van der Waals surface area contributed by atoms with E-state index in [1.807, 2.05) is 80.5 Å². The van der Waals surface area contributed by atoms with Gasteiger partial charge in [-0.05, 0) is 114 Å². The molecule has 17 nitrogen and oxygen atoms in total. The highest BCUT2D eigenvalue weighted by Crippen LogP contribution is 2.32. The molecule has 0 unspecified atom stereocenters. The predicted molar refractivity (Wildman–Crippen MR) is 235 cm³/mol. The first-order chi connectivity index (χ1) is 29.9. The van der Waals surface area contributed by atoms with Crippen LogP contribution < -0.4 is 20.4 Å². The van der Waals surface area contributed by atoms with Crippen LogP contribution in [0, 0.1) is 12.8 Å². The summed E-state index contributed by atoms with van der Waals surface area (Å²) >= 11 is 0. The van der Waals surface area contributed by atoms with Gasteiger partial charge in [-0.2, -0.15) is 20.1 Å². The Balaban J connectivity index is 0.792. The van der Waals surface area contributed by atoms with Crippen molar-refractivity contribution in [1.29, 1.82) is 0 Å². The van der Waals surface area contributed by atoms with E-state index in [9.17, 15) is 14.4 Å². The van der Waals surface area contributed by atoms with Gasteiger partial charge in [0.2, 0.25) is 5.91 Å². The van der Waals surface area contributed by atoms with Gasteiger partial charge in [-0.1, -0.05) is 17.3 Å². The lowest BCUT2D eigenvalue weighted by molar-refractivity contribution is -0.120. The lowest BCUT2D eigenvalue weighted by atomic mass is 9.94. The second-order valence-electron chi connectivity index (χ2n) is 17.9. The topological polar surface area (TPSA) is 177 Å². The third-order valence-electron chi connectivity index (χ3n) is 12.5. The number of aromatic nitrogens is 9. The number of carbonyl (C=O) groups is 3. The van der Waals surface area contributed by atoms with Crippen LogP contribution in [0.4, 0.5) is 16.2 Å². The molecule has 3 saturated heterocycles. The van der Waals surface area contributed by atoms with Crippen LogP contribution in [0.1, 0.15) is 93.5 Å². The van der Waals surface area contributed by atoms with Crippen LogP contribution >= 0.6 is 0 Å². The van der Waals surface area contributed by atoms with Gasteiger partial charge in [0, 0.05) is 62.6 Å². The molecule has 0 radical (unpaired) electrons. The van der Waals surface area contributed by atoms with E-state index >= 15 is 0 Å². The molecule has 0 aliphatic carbocycles. The zero-order valence-corrected chi connectivity index (χ0v) is 36.0. The number of hydrogen-bond acceptors (Lipinski definition) is 11. The van der Waals surface area contributed by atoms with Crippen LogP contribution in [0.3, 0.4) is 0 Å². The fourth-order valence-corrected chi connectivity index (χ4v) is 8.91. The van der Waals surface area contributed by atoms with E-state index in [1.54, 1.807) is 28.2 Å². The maximum Gasteiger partial charge on any atom is 0.328 e. The number of benzene rings is 2. The number of hydrogen-bond donors (Lipinski definition) is 2. The quantitative estimate of drug-likeness (QED) is 0.171. The van der Waals surface area contributed by atoms with Gasteiger partial charge in [0.05, 0.1) is 53.6 Å². The number of amides is 4. The van der Waals surface area contributed by atoms with Gasteiger partial charge in [0.15, 0.2) is 5.69 Å². The van der Waals surface area contributed by atoms with Crippen molar-refractivity contribution in [3.63, 3.8) is 0 Å². The Morgan fingerprint density at radius 1 is 0.903 bits per heavy atom. The molecular formula is C45H54N14O3. The number of fused-ring (bicyclic) bond motifs is 1. The van der Waals surface area contributed by atoms with E-state index in [1.165, 1.54) is 5.69 Å². The molecule has 9 rings (SSSR count). The smallest absolute Gasteiger partial charge is 0.328 e. The molecule has 3 aliphatic rings. The highest BCUT2D eigenvalue weighted by molar-refractivity contribution is 6.05. The average Bonchev–Trinajstić information content (AvgIpc) is 4.06. The molecular weight excluding hydrogens is 785 g/mol. The minimum atomic E-state index is -0.355. The van der Waals surface area contributed by atoms with Crippen molar-refractivity contribution in [3.05, 3.63) is 90.1 Å². The molecule has 3 aliphatic heterocycles. The lowest BCUT2D eigenvalue weighted by Crippen LogP contribution is -2.49. The van der Waals surface area contributed by atoms with E-state index in [0.717, 1.165) is 92.0 Å². The molecule has 2 aromatic carbocycles. The maximum absolute atomic E-state index is 13.1. The number of urea groups is 1. The van der Waals surface area contributed by atoms with Crippen LogP contribution in [-0.4, -0.2) is 107 Å². The van der Waals surface area contributed by atoms with Crippen molar-refractivity contribution < 1.29 is 14.4 Å². The van der Waals surface area contributed by atoms with Gasteiger partial charge in [0.25, 0.3) is 5.91 Å². The Labute approximate surface area is 360 Å². The highest BCUT2D eigenvalue weighted by atomic mass is 16.2. The second-order valence-corrected chi connectivity index (χ2v) is 17.9. The lowest BCUT2D eigenvalue weighted by Gasteiger charge is -2.38. The van der Waals surface area contributed by atoms with Crippen molar-refractivity contribution in [2.45, 2.75) is 84.3 Å². The molecule has 0 spiro atoms. The van der Waals surface area contributed by atoms with Gasteiger partial charge in [0.1, 0.15) is 11.4 Å². The standard InChI is InChI=1S/C45H54N14O3/c1-29-24-32(6-11-36(29)30(2)48-43(61)39-28-58(53-51-39)45(3,4)5)42-40-12-18-46-57(40)27-38(49-42)37-25-47-59(52-37)35-15-19-54(20-16-35)26-31-13-21-55(22-14-31)33-7-9-34(10-8-33)56-23-17-41(60)50-44(56)62/h6-12,18,24-25,27-28,30-31,35H,13-17,19-23,26H2,1-5H3,(H,48,61)(H,50,60,62)/t30-/m1/s1. The zero-order valence-electron chi connectivity index (χ0n) is 36.0. The van der Waals surface area contributed by atoms with E-state index in [4.69, 9.17) is 15.2 Å². The SMILES string of the molecule is Cc1cc(-c2nc(-c3cnn(C4CCN(CC5CCN(c6ccc(N7CCC(=O)NC7=O)cc6)CC5)CC4)n3)cn3nccc23)ccc1[C@@H](C)NC(=O)c1cn(C(C)(C)C)nn1. The number of nitrogens with one attached hydrogen (secondary N) is 2. The zero-order chi connectivity index (χ0) is 43.1. The fourth-order valence-electron chi connectivity index (χ4n) is 8.91. The summed E-state index contributed by atoms with van der Waals surface area (Å²) in [5.74, 6) is 0.160. The number of rotatable bonds is 10. The molecule has 1 atom stereocenters. The highest BCUT2D eigenvalue weighted by Gasteiger charge is 2.28. The van der Waals surface area contributed by atoms with Crippen molar-refractivity contribution >= 4 is 34.7 Å². The Morgan fingerprint density at radius 2 is 1.66 bits per heavy atom. The third kappa shape index (κ3) is 8.53. The summed E-state index contributed by atoms with van der Waals surface area (Å²) < 4.78 is 3.54. The first-order valence-corrected chi connectivity index (χ1v) is 21.7. The van der Waals surface area contributed by atoms with E-state index in [-0.39, 0.29) is 41.2 Å². The van der Waals surface area contributed by atoms with Gasteiger partial charge < -0.3 is 15.1 Å². The van der Waals surface area contributed by atoms with Crippen LogP contribution in [0.15, 0.2) is 73.3 Å². The summed E-state index contributed by atoms with van der Waals surface area (Å²) in [5, 5.41) is 28.0. The van der Waals surface area contributed by atoms with Crippen molar-refractivity contribution in [1.82, 2.24) is 60.1 Å². The molecule has 7 heterocycles. The molecule has 3 fully saturated rings. The normalized spacial score (nSPS) is 17.8. The molecule has 4 aromatic heterocycles. The Morgan fingerprint density at radius 3 is 2.37 bits per heavy atom. The molecule has 0 saturated carbocycles. The Hall–Kier alpha value is -6.49. The van der Waals surface area contributed by atoms with Crippen molar-refractivity contribution in [2.75, 3.05) is 49.1 Å². The monoisotopic (exact) mass is 838 g/mol. The molecule has 0 bridgehead atoms. The summed E-state index contributed by atoms with van der Waals surface area (Å²) in [5.41, 5.74) is 8.02. The van der Waals surface area contributed by atoms with Crippen LogP contribution in [0.5, 0.6) is 0 Å². The van der Waals surface area contributed by atoms with Crippen LogP contribution in [0.2, 0.25) is 0 Å². The van der Waals surface area contributed by atoms with Gasteiger partial charge in [-0.15, -0.1) is 5.10 Å². The summed E-state index contributed by atoms with van der Waals surface area (Å²) in [6.45, 7) is 15.6. The molecule has 4 amide bonds. The summed E-state index contributed by atoms with van der Waals surface area (Å²) in [6, 6.07) is 15.9. The number of piperidine rings is 2. The molecule has 62 heavy (non-hydrogen) atoms. The minimum Gasteiger partial charge on any atom is -0.372 e.